The highest BCUT2D eigenvalue weighted by atomic mass is 32.7. The molecule has 0 aliphatic carbocycles. The zero-order valence-electron chi connectivity index (χ0n) is 54.5. The van der Waals surface area contributed by atoms with E-state index in [4.69, 9.17) is 51.9 Å². The molecule has 550 valence electrons. The Morgan fingerprint density at radius 1 is 0.474 bits per heavy atom. The third kappa shape index (κ3) is 31.5. The van der Waals surface area contributed by atoms with Crippen LogP contribution in [0.25, 0.3) is 0 Å². The Bertz CT molecular complexity index is 2400. The standard InChI is InChI=1S/C56H101N8O29PS/c1-30(68)60-41-47(77)44(74)35(26-65)90-52(41)86-23-20-83-17-14-57-38(71)10-8-33(50(80)58-15-18-84-21-24-87-53-42(61-31(2)69)48(78)45(75)36(27-66)91-53)63-39(72)11-9-34(64-40(73)12-13-55(4,5)89-29-56(6,7)93-94(82)95)51(81)59-16-19-85-22-25-88-54-43(62-32(3)70)49(79)46(76)37(28-67)92-54/h33-37,41-49,52-54,65-67,74-79,94H,8-29H2,1-7H3,(H,57,71)(H,58,80)(H,59,81)(H,60,68)(H,61,69)(H,62,70)(H,63,72)(H,64,73)(H,82,95). The lowest BCUT2D eigenvalue weighted by Gasteiger charge is -2.42. The second-order valence-corrected chi connectivity index (χ2v) is 25.5. The lowest BCUT2D eigenvalue weighted by atomic mass is 9.97. The van der Waals surface area contributed by atoms with Crippen LogP contribution in [0.3, 0.4) is 0 Å². The number of hydrogen-bond donors (Lipinski definition) is 18. The van der Waals surface area contributed by atoms with Crippen LogP contribution in [-0.2, 0) is 94.8 Å². The quantitative estimate of drug-likeness (QED) is 0.0153. The molecule has 0 aromatic carbocycles. The largest absolute Gasteiger partial charge is 0.394 e. The average molecular weight is 1410 g/mol. The van der Waals surface area contributed by atoms with E-state index >= 15 is 0 Å². The molecule has 0 aromatic heterocycles. The number of rotatable bonds is 45. The Labute approximate surface area is 556 Å². The van der Waals surface area contributed by atoms with Gasteiger partial charge >= 0.3 is 0 Å². The van der Waals surface area contributed by atoms with Crippen molar-refractivity contribution < 1.29 is 141 Å². The van der Waals surface area contributed by atoms with Crippen molar-refractivity contribution in [3.63, 3.8) is 0 Å². The van der Waals surface area contributed by atoms with E-state index in [9.17, 15) is 88.9 Å². The maximum absolute atomic E-state index is 13.8. The van der Waals surface area contributed by atoms with E-state index in [1.54, 1.807) is 27.7 Å². The van der Waals surface area contributed by atoms with Crippen LogP contribution in [0.5, 0.6) is 0 Å². The van der Waals surface area contributed by atoms with Crippen molar-refractivity contribution in [1.82, 2.24) is 42.5 Å². The fourth-order valence-electron chi connectivity index (χ4n) is 9.65. The van der Waals surface area contributed by atoms with Gasteiger partial charge in [0.05, 0.1) is 97.1 Å². The minimum absolute atomic E-state index is 0.0126. The van der Waals surface area contributed by atoms with Crippen molar-refractivity contribution in [2.75, 3.05) is 106 Å². The van der Waals surface area contributed by atoms with Gasteiger partial charge in [-0.15, -0.1) is 0 Å². The van der Waals surface area contributed by atoms with Gasteiger partial charge in [-0.3, -0.25) is 42.9 Å². The second-order valence-electron chi connectivity index (χ2n) is 23.7. The van der Waals surface area contributed by atoms with Crippen molar-refractivity contribution in [3.05, 3.63) is 0 Å². The van der Waals surface area contributed by atoms with Crippen molar-refractivity contribution >= 4 is 66.7 Å². The molecule has 37 nitrogen and oxygen atoms in total. The Balaban J connectivity index is 1.67. The highest BCUT2D eigenvalue weighted by molar-refractivity contribution is 8.39. The van der Waals surface area contributed by atoms with E-state index in [1.165, 1.54) is 20.8 Å². The molecule has 17 N–H and O–H groups in total. The first kappa shape index (κ1) is 84.8. The van der Waals surface area contributed by atoms with Gasteiger partial charge in [0.2, 0.25) is 54.5 Å². The smallest absolute Gasteiger partial charge is 0.243 e. The second kappa shape index (κ2) is 43.8. The van der Waals surface area contributed by atoms with Gasteiger partial charge in [-0.05, 0) is 47.0 Å². The highest BCUT2D eigenvalue weighted by Crippen LogP contribution is 2.35. The van der Waals surface area contributed by atoms with Crippen molar-refractivity contribution in [3.8, 4) is 0 Å². The fraction of sp³-hybridized carbons (Fsp3) is 0.857. The van der Waals surface area contributed by atoms with Gasteiger partial charge in [-0.1, -0.05) is 12.2 Å². The van der Waals surface area contributed by atoms with Crippen LogP contribution >= 0.6 is 19.5 Å². The van der Waals surface area contributed by atoms with Crippen LogP contribution < -0.4 is 42.5 Å². The first-order valence-corrected chi connectivity index (χ1v) is 33.7. The summed E-state index contributed by atoms with van der Waals surface area (Å²) in [6, 6.07) is -6.28. The van der Waals surface area contributed by atoms with Gasteiger partial charge in [0, 0.05) is 59.7 Å². The Morgan fingerprint density at radius 3 is 1.15 bits per heavy atom. The molecule has 0 saturated carbocycles. The molecule has 0 radical (unpaired) electrons. The molecule has 0 aromatic rings. The van der Waals surface area contributed by atoms with Crippen LogP contribution in [-0.4, -0.2) is 314 Å². The fourth-order valence-corrected chi connectivity index (χ4v) is 10.9. The molecule has 3 fully saturated rings. The average Bonchev–Trinajstić information content (AvgIpc) is 0.842. The number of aliphatic hydroxyl groups is 9. The summed E-state index contributed by atoms with van der Waals surface area (Å²) in [6.45, 7) is 6.94. The first-order valence-electron chi connectivity index (χ1n) is 31.1. The SMILES string of the molecule is CC(=O)NC1C(OCCOCCNC(=O)CCC(NC(=O)CCC(NC(=O)CCC(C)(C)OCC(C)(C)O[PH](=O)S)C(=O)NCCOCCOC2OC(CO)C(O)C(O)C2NC(C)=O)C(=O)NCCOCCOC2OC(CO)C(O)C(O)C2NC(C)=O)OC(CO)C(O)C1O. The molecule has 3 aliphatic rings. The molecule has 3 saturated heterocycles. The van der Waals surface area contributed by atoms with Crippen molar-refractivity contribution in [2.45, 2.75) is 202 Å². The Hall–Kier alpha value is -4.46. The van der Waals surface area contributed by atoms with E-state index in [0.717, 1.165) is 0 Å². The Kier molecular flexibility index (Phi) is 39.1. The lowest BCUT2D eigenvalue weighted by Crippen LogP contribution is -2.64. The molecule has 3 heterocycles. The van der Waals surface area contributed by atoms with Gasteiger partial charge in [0.1, 0.15) is 85.1 Å². The molecule has 8 amide bonds. The van der Waals surface area contributed by atoms with E-state index in [2.05, 4.69) is 54.8 Å². The molecule has 18 atom stereocenters. The van der Waals surface area contributed by atoms with Gasteiger partial charge in [0.15, 0.2) is 18.9 Å². The first-order chi connectivity index (χ1) is 44.8. The lowest BCUT2D eigenvalue weighted by molar-refractivity contribution is -0.272. The van der Waals surface area contributed by atoms with Gasteiger partial charge in [0.25, 0.3) is 0 Å². The molecule has 0 spiro atoms. The molecular formula is C56H101N8O29PS. The van der Waals surface area contributed by atoms with Crippen LogP contribution in [0.15, 0.2) is 0 Å². The van der Waals surface area contributed by atoms with Crippen molar-refractivity contribution in [2.24, 2.45) is 0 Å². The predicted molar refractivity (Wildman–Crippen MR) is 330 cm³/mol. The molecule has 18 unspecified atom stereocenters. The number of carbonyl (C=O) groups is 8. The topological polar surface area (TPSA) is 533 Å². The summed E-state index contributed by atoms with van der Waals surface area (Å²) in [5.74, 6) is -5.08. The monoisotopic (exact) mass is 1410 g/mol. The summed E-state index contributed by atoms with van der Waals surface area (Å²) in [6.07, 6.45) is -18.1. The summed E-state index contributed by atoms with van der Waals surface area (Å²) < 4.78 is 73.2. The van der Waals surface area contributed by atoms with E-state index in [-0.39, 0.29) is 118 Å². The van der Waals surface area contributed by atoms with Gasteiger partial charge < -0.3 is 140 Å². The summed E-state index contributed by atoms with van der Waals surface area (Å²) >= 11 is 3.84. The zero-order valence-corrected chi connectivity index (χ0v) is 56.4. The molecule has 0 bridgehead atoms. The molecular weight excluding hydrogens is 1310 g/mol. The number of amides is 8. The molecule has 3 aliphatic heterocycles. The van der Waals surface area contributed by atoms with E-state index < -0.39 is 196 Å². The van der Waals surface area contributed by atoms with Crippen LogP contribution in [0.1, 0.15) is 87.0 Å². The molecule has 95 heavy (non-hydrogen) atoms. The number of ether oxygens (including phenoxy) is 10. The van der Waals surface area contributed by atoms with Crippen LogP contribution in [0.4, 0.5) is 0 Å². The summed E-state index contributed by atoms with van der Waals surface area (Å²) in [5, 5.41) is 112. The maximum Gasteiger partial charge on any atom is 0.243 e. The maximum atomic E-state index is 13.8. The number of hydrogen-bond acceptors (Lipinski definition) is 29. The van der Waals surface area contributed by atoms with Gasteiger partial charge in [-0.25, -0.2) is 0 Å². The van der Waals surface area contributed by atoms with E-state index in [1.807, 2.05) is 0 Å². The minimum Gasteiger partial charge on any atom is -0.394 e. The normalized spacial score (nSPS) is 27.2. The number of aliphatic hydroxyl groups excluding tert-OH is 9. The summed E-state index contributed by atoms with van der Waals surface area (Å²) in [7, 11) is -2.61. The number of nitrogens with one attached hydrogen (secondary N) is 8. The zero-order chi connectivity index (χ0) is 71.0. The third-order valence-corrected chi connectivity index (χ3v) is 15.7. The third-order valence-electron chi connectivity index (χ3n) is 14.7. The van der Waals surface area contributed by atoms with E-state index in [0.29, 0.717) is 0 Å². The van der Waals surface area contributed by atoms with Crippen LogP contribution in [0, 0.1) is 0 Å². The predicted octanol–water partition coefficient (Wildman–Crippen LogP) is -7.51. The van der Waals surface area contributed by atoms with Crippen molar-refractivity contribution in [1.29, 1.82) is 0 Å². The summed E-state index contributed by atoms with van der Waals surface area (Å²) in [5.41, 5.74) is -1.91. The summed E-state index contributed by atoms with van der Waals surface area (Å²) in [4.78, 5) is 103. The molecule has 3 rings (SSSR count). The minimum atomic E-state index is -2.61. The highest BCUT2D eigenvalue weighted by Gasteiger charge is 2.48. The number of thiol groups is 1. The van der Waals surface area contributed by atoms with Gasteiger partial charge in [-0.2, -0.15) is 0 Å². The number of carbonyl (C=O) groups excluding carboxylic acids is 8. The Morgan fingerprint density at radius 2 is 0.811 bits per heavy atom. The van der Waals surface area contributed by atoms with Crippen LogP contribution in [0.2, 0.25) is 0 Å². The molecule has 39 heteroatoms.